The second-order valence-electron chi connectivity index (χ2n) is 4.13. The molecule has 0 aromatic rings. The Labute approximate surface area is 112 Å². The van der Waals surface area contributed by atoms with E-state index in [9.17, 15) is 19.2 Å². The molecule has 0 fully saturated rings. The molecule has 0 radical (unpaired) electrons. The van der Waals surface area contributed by atoms with Gasteiger partial charge in [-0.2, -0.15) is 0 Å². The molecule has 0 bridgehead atoms. The summed E-state index contributed by atoms with van der Waals surface area (Å²) in [5.41, 5.74) is -2.48. The van der Waals surface area contributed by atoms with Crippen LogP contribution in [0.1, 0.15) is 40.5 Å². The Morgan fingerprint density at radius 3 is 1.32 bits per heavy atom. The molecule has 0 unspecified atom stereocenters. The van der Waals surface area contributed by atoms with E-state index in [2.05, 4.69) is 0 Å². The van der Waals surface area contributed by atoms with Crippen LogP contribution < -0.4 is 0 Å². The fraction of sp³-hybridized carbons (Fsp3) is 0.692. The van der Waals surface area contributed by atoms with E-state index in [1.165, 1.54) is 0 Å². The van der Waals surface area contributed by atoms with Gasteiger partial charge in [-0.05, 0) is 26.7 Å². The van der Waals surface area contributed by atoms with Crippen LogP contribution in [0.3, 0.4) is 0 Å². The van der Waals surface area contributed by atoms with E-state index in [0.29, 0.717) is 12.8 Å². The summed E-state index contributed by atoms with van der Waals surface area (Å²) in [7, 11) is 0. The molecule has 6 nitrogen and oxygen atoms in total. The van der Waals surface area contributed by atoms with E-state index in [0.717, 1.165) is 13.8 Å². The molecule has 0 aliphatic rings. The molecule has 0 amide bonds. The molecule has 0 rings (SSSR count). The largest absolute Gasteiger partial charge is 0.464 e. The van der Waals surface area contributed by atoms with Gasteiger partial charge < -0.3 is 9.47 Å². The van der Waals surface area contributed by atoms with Crippen LogP contribution in [0.15, 0.2) is 0 Å². The molecule has 0 heterocycles. The van der Waals surface area contributed by atoms with Crippen molar-refractivity contribution in [3.05, 3.63) is 0 Å². The molecule has 108 valence electrons. The van der Waals surface area contributed by atoms with Crippen LogP contribution in [0.2, 0.25) is 0 Å². The van der Waals surface area contributed by atoms with Crippen molar-refractivity contribution in [3.8, 4) is 0 Å². The maximum atomic E-state index is 11.9. The van der Waals surface area contributed by atoms with E-state index >= 15 is 0 Å². The van der Waals surface area contributed by atoms with Crippen LogP contribution in [0.4, 0.5) is 0 Å². The molecule has 0 aromatic heterocycles. The first-order valence-corrected chi connectivity index (χ1v) is 6.22. The van der Waals surface area contributed by atoms with Crippen LogP contribution in [0, 0.1) is 5.41 Å². The molecule has 0 atom stereocenters. The minimum absolute atomic E-state index is 0.0300. The summed E-state index contributed by atoms with van der Waals surface area (Å²) >= 11 is 0. The molecule has 0 aliphatic carbocycles. The van der Waals surface area contributed by atoms with E-state index in [-0.39, 0.29) is 13.2 Å². The zero-order valence-electron chi connectivity index (χ0n) is 11.8. The predicted molar refractivity (Wildman–Crippen MR) is 66.3 cm³/mol. The monoisotopic (exact) mass is 272 g/mol. The van der Waals surface area contributed by atoms with Crippen molar-refractivity contribution >= 4 is 23.5 Å². The lowest BCUT2D eigenvalue weighted by molar-refractivity contribution is -0.176. The van der Waals surface area contributed by atoms with Gasteiger partial charge >= 0.3 is 11.9 Å². The van der Waals surface area contributed by atoms with Crippen LogP contribution in [0.25, 0.3) is 0 Å². The van der Waals surface area contributed by atoms with Crippen molar-refractivity contribution in [2.45, 2.75) is 40.5 Å². The Kier molecular flexibility index (Phi) is 6.96. The Morgan fingerprint density at radius 1 is 0.789 bits per heavy atom. The van der Waals surface area contributed by atoms with Gasteiger partial charge in [0.05, 0.1) is 13.2 Å². The highest BCUT2D eigenvalue weighted by Crippen LogP contribution is 2.25. The molecular formula is C13H20O6. The van der Waals surface area contributed by atoms with Crippen molar-refractivity contribution in [2.75, 3.05) is 13.2 Å². The number of ketones is 2. The number of carbonyl (C=O) groups excluding carboxylic acids is 4. The van der Waals surface area contributed by atoms with Crippen molar-refractivity contribution < 1.29 is 28.7 Å². The summed E-state index contributed by atoms with van der Waals surface area (Å²) < 4.78 is 9.60. The minimum atomic E-state index is -2.48. The van der Waals surface area contributed by atoms with Gasteiger partial charge in [0.15, 0.2) is 11.6 Å². The first kappa shape index (κ1) is 17.3. The zero-order chi connectivity index (χ0) is 15.1. The fourth-order valence-corrected chi connectivity index (χ4v) is 1.51. The Balaban J connectivity index is 5.43. The molecule has 0 N–H and O–H groups in total. The van der Waals surface area contributed by atoms with Gasteiger partial charge in [0.25, 0.3) is 5.41 Å². The third-order valence-corrected chi connectivity index (χ3v) is 2.54. The Bertz CT molecular complexity index is 335. The lowest BCUT2D eigenvalue weighted by Gasteiger charge is -2.24. The van der Waals surface area contributed by atoms with Gasteiger partial charge in [-0.1, -0.05) is 13.8 Å². The third-order valence-electron chi connectivity index (χ3n) is 2.54. The Hall–Kier alpha value is -1.72. The first-order valence-electron chi connectivity index (χ1n) is 6.22. The average molecular weight is 272 g/mol. The normalized spacial score (nSPS) is 10.7. The highest BCUT2D eigenvalue weighted by molar-refractivity contribution is 6.35. The molecule has 6 heteroatoms. The quantitative estimate of drug-likeness (QED) is 0.485. The average Bonchev–Trinajstić information content (AvgIpc) is 2.33. The van der Waals surface area contributed by atoms with E-state index < -0.39 is 28.9 Å². The van der Waals surface area contributed by atoms with Gasteiger partial charge in [0.2, 0.25) is 0 Å². The molecule has 0 spiro atoms. The first-order chi connectivity index (χ1) is 8.85. The van der Waals surface area contributed by atoms with Gasteiger partial charge in [-0.3, -0.25) is 9.59 Å². The zero-order valence-corrected chi connectivity index (χ0v) is 11.8. The lowest BCUT2D eigenvalue weighted by Crippen LogP contribution is -2.52. The van der Waals surface area contributed by atoms with E-state index in [1.54, 1.807) is 13.8 Å². The van der Waals surface area contributed by atoms with Gasteiger partial charge in [-0.25, -0.2) is 9.59 Å². The minimum Gasteiger partial charge on any atom is -0.464 e. The summed E-state index contributed by atoms with van der Waals surface area (Å²) in [5, 5.41) is 0. The second kappa shape index (κ2) is 7.66. The smallest absolute Gasteiger partial charge is 0.339 e. The maximum absolute atomic E-state index is 11.9. The number of Topliss-reactive ketones (excluding diaryl/α,β-unsaturated/α-hetero) is 2. The fourth-order valence-electron chi connectivity index (χ4n) is 1.51. The molecule has 19 heavy (non-hydrogen) atoms. The van der Waals surface area contributed by atoms with Crippen LogP contribution in [0.5, 0.6) is 0 Å². The molecule has 0 saturated carbocycles. The topological polar surface area (TPSA) is 86.7 Å². The van der Waals surface area contributed by atoms with Crippen LogP contribution >= 0.6 is 0 Å². The van der Waals surface area contributed by atoms with Gasteiger partial charge in [0.1, 0.15) is 0 Å². The van der Waals surface area contributed by atoms with Crippen molar-refractivity contribution in [1.82, 2.24) is 0 Å². The third kappa shape index (κ3) is 3.62. The summed E-state index contributed by atoms with van der Waals surface area (Å²) in [5.74, 6) is -4.09. The summed E-state index contributed by atoms with van der Waals surface area (Å²) in [6.45, 7) is 5.58. The standard InChI is InChI=1S/C13H20O6/c1-5-7-18-11(16)13(9(3)14,10(4)15)12(17)19-8-6-2/h5-8H2,1-4H3. The SMILES string of the molecule is CCCOC(=O)C(C(C)=O)(C(C)=O)C(=O)OCCC. The summed E-state index contributed by atoms with van der Waals surface area (Å²) in [6.07, 6.45) is 1.03. The number of ether oxygens (including phenoxy) is 2. The van der Waals surface area contributed by atoms with E-state index in [1.807, 2.05) is 0 Å². The number of hydrogen-bond donors (Lipinski definition) is 0. The van der Waals surface area contributed by atoms with Crippen LogP contribution in [-0.2, 0) is 28.7 Å². The number of esters is 2. The predicted octanol–water partition coefficient (Wildman–Crippen LogP) is 1.06. The van der Waals surface area contributed by atoms with Crippen molar-refractivity contribution in [3.63, 3.8) is 0 Å². The number of hydrogen-bond acceptors (Lipinski definition) is 6. The lowest BCUT2D eigenvalue weighted by atomic mass is 9.80. The van der Waals surface area contributed by atoms with Crippen LogP contribution in [-0.4, -0.2) is 36.7 Å². The highest BCUT2D eigenvalue weighted by Gasteiger charge is 2.58. The Morgan fingerprint density at radius 2 is 1.11 bits per heavy atom. The van der Waals surface area contributed by atoms with Gasteiger partial charge in [0, 0.05) is 0 Å². The highest BCUT2D eigenvalue weighted by atomic mass is 16.6. The maximum Gasteiger partial charge on any atom is 0.339 e. The number of rotatable bonds is 8. The summed E-state index contributed by atoms with van der Waals surface area (Å²) in [4.78, 5) is 47.3. The van der Waals surface area contributed by atoms with Gasteiger partial charge in [-0.15, -0.1) is 0 Å². The van der Waals surface area contributed by atoms with Crippen molar-refractivity contribution in [2.24, 2.45) is 5.41 Å². The number of carbonyl (C=O) groups is 4. The molecule has 0 aliphatic heterocycles. The van der Waals surface area contributed by atoms with Crippen molar-refractivity contribution in [1.29, 1.82) is 0 Å². The molecule has 0 aromatic carbocycles. The van der Waals surface area contributed by atoms with E-state index in [4.69, 9.17) is 9.47 Å². The second-order valence-corrected chi connectivity index (χ2v) is 4.13. The summed E-state index contributed by atoms with van der Waals surface area (Å²) in [6, 6.07) is 0. The molecular weight excluding hydrogens is 252 g/mol. The molecule has 0 saturated heterocycles.